The fourth-order valence-corrected chi connectivity index (χ4v) is 0.933. The van der Waals surface area contributed by atoms with E-state index in [9.17, 15) is 19.2 Å². The Kier molecular flexibility index (Phi) is 27.3. The highest BCUT2D eigenvalue weighted by molar-refractivity contribution is 5.87. The Balaban J connectivity index is -0.000000154. The highest BCUT2D eigenvalue weighted by atomic mass is 16.5. The van der Waals surface area contributed by atoms with Gasteiger partial charge in [-0.25, -0.2) is 19.2 Å². The van der Waals surface area contributed by atoms with Gasteiger partial charge in [0.15, 0.2) is 0 Å². The molecule has 9 heteroatoms. The number of carboxylic acid groups (broad SMARTS) is 2. The minimum Gasteiger partial charge on any atom is -0.478 e. The van der Waals surface area contributed by atoms with E-state index in [1.807, 2.05) is 6.92 Å². The molecule has 0 amide bonds. The maximum Gasteiger partial charge on any atom is 0.333 e. The molecule has 0 atom stereocenters. The Hall–Kier alpha value is -3.20. The summed E-state index contributed by atoms with van der Waals surface area (Å²) < 4.78 is 8.74. The highest BCUT2D eigenvalue weighted by Gasteiger charge is 2.01. The molecule has 0 radical (unpaired) electrons. The van der Waals surface area contributed by atoms with Crippen molar-refractivity contribution in [1.82, 2.24) is 0 Å². The maximum absolute atomic E-state index is 10.5. The lowest BCUT2D eigenvalue weighted by Crippen LogP contribution is -2.08. The van der Waals surface area contributed by atoms with E-state index in [2.05, 4.69) is 35.8 Å². The van der Waals surface area contributed by atoms with Crippen LogP contribution in [0.4, 0.5) is 0 Å². The molecule has 30 heavy (non-hydrogen) atoms. The Labute approximate surface area is 178 Å². The van der Waals surface area contributed by atoms with Crippen LogP contribution in [-0.4, -0.2) is 59.5 Å². The molecule has 172 valence electrons. The highest BCUT2D eigenvalue weighted by Crippen LogP contribution is 2.03. The van der Waals surface area contributed by atoms with Gasteiger partial charge in [0.25, 0.3) is 0 Å². The van der Waals surface area contributed by atoms with E-state index in [4.69, 9.17) is 15.3 Å². The molecular weight excluding hydrogens is 396 g/mol. The van der Waals surface area contributed by atoms with Gasteiger partial charge in [0.1, 0.15) is 6.61 Å². The number of esters is 2. The van der Waals surface area contributed by atoms with Crippen LogP contribution >= 0.6 is 0 Å². The molecule has 0 aromatic heterocycles. The quantitative estimate of drug-likeness (QED) is 0.371. The lowest BCUT2D eigenvalue weighted by molar-refractivity contribution is -0.140. The standard InChI is InChI=1S/C7H12O2.C6H10O3.C5H8O2.C3H4O2/c1-3-4-5-6(2)7(8)9;1-5(2)6(8)9-4-3-7;1-4(2)5(6)7-3;1-2-3(4)5/h2-5H2,1H3,(H,8,9);7H,1,3-4H2,2H3;1H2,2-3H3;2H,1H2,(H,4,5). The Morgan fingerprint density at radius 1 is 0.967 bits per heavy atom. The first kappa shape index (κ1) is 34.3. The van der Waals surface area contributed by atoms with E-state index in [1.54, 1.807) is 13.8 Å². The summed E-state index contributed by atoms with van der Waals surface area (Å²) in [6.07, 6.45) is 3.39. The minimum absolute atomic E-state index is 0.0473. The predicted octanol–water partition coefficient (Wildman–Crippen LogP) is 2.91. The van der Waals surface area contributed by atoms with E-state index >= 15 is 0 Å². The molecule has 0 saturated carbocycles. The number of carbonyl (C=O) groups excluding carboxylic acids is 2. The zero-order chi connectivity index (χ0) is 24.7. The summed E-state index contributed by atoms with van der Waals surface area (Å²) in [5.41, 5.74) is 1.10. The third-order valence-electron chi connectivity index (χ3n) is 2.52. The monoisotopic (exact) mass is 430 g/mol. The molecule has 0 unspecified atom stereocenters. The van der Waals surface area contributed by atoms with Crippen molar-refractivity contribution in [2.24, 2.45) is 0 Å². The summed E-state index contributed by atoms with van der Waals surface area (Å²) in [5.74, 6) is -2.66. The summed E-state index contributed by atoms with van der Waals surface area (Å²) in [5, 5.41) is 24.1. The SMILES string of the molecule is C=C(C)C(=O)OC.C=C(C)C(=O)OCCO.C=C(CCCC)C(=O)O.C=CC(=O)O. The first-order valence-corrected chi connectivity index (χ1v) is 8.75. The second-order valence-electron chi connectivity index (χ2n) is 5.47. The van der Waals surface area contributed by atoms with Gasteiger partial charge in [-0.05, 0) is 26.7 Å². The molecule has 0 bridgehead atoms. The maximum atomic E-state index is 10.5. The van der Waals surface area contributed by atoms with E-state index in [0.717, 1.165) is 18.9 Å². The molecule has 0 aromatic rings. The minimum atomic E-state index is -0.981. The molecule has 0 aliphatic heterocycles. The molecular formula is C21H34O9. The van der Waals surface area contributed by atoms with Crippen molar-refractivity contribution in [3.63, 3.8) is 0 Å². The van der Waals surface area contributed by atoms with Crippen LogP contribution in [0.3, 0.4) is 0 Å². The van der Waals surface area contributed by atoms with Crippen LogP contribution in [-0.2, 0) is 28.7 Å². The van der Waals surface area contributed by atoms with E-state index < -0.39 is 17.9 Å². The number of hydrogen-bond donors (Lipinski definition) is 3. The normalized spacial score (nSPS) is 8.17. The Morgan fingerprint density at radius 2 is 1.40 bits per heavy atom. The zero-order valence-electron chi connectivity index (χ0n) is 18.2. The van der Waals surface area contributed by atoms with Gasteiger partial charge in [0.2, 0.25) is 0 Å². The molecule has 0 aromatic carbocycles. The van der Waals surface area contributed by atoms with Crippen LogP contribution in [0.5, 0.6) is 0 Å². The molecule has 0 spiro atoms. The average molecular weight is 430 g/mol. The van der Waals surface area contributed by atoms with Gasteiger partial charge in [-0.3, -0.25) is 0 Å². The first-order chi connectivity index (χ1) is 13.8. The number of carbonyl (C=O) groups is 4. The van der Waals surface area contributed by atoms with Crippen molar-refractivity contribution in [1.29, 1.82) is 0 Å². The number of unbranched alkanes of at least 4 members (excludes halogenated alkanes) is 1. The van der Waals surface area contributed by atoms with E-state index in [-0.39, 0.29) is 19.2 Å². The molecule has 0 aliphatic carbocycles. The van der Waals surface area contributed by atoms with Crippen LogP contribution in [0.1, 0.15) is 40.0 Å². The molecule has 0 rings (SSSR count). The Morgan fingerprint density at radius 3 is 1.60 bits per heavy atom. The average Bonchev–Trinajstić information content (AvgIpc) is 2.70. The lowest BCUT2D eigenvalue weighted by Gasteiger charge is -1.99. The number of aliphatic hydroxyl groups excluding tert-OH is 1. The van der Waals surface area contributed by atoms with Gasteiger partial charge >= 0.3 is 23.9 Å². The third kappa shape index (κ3) is 32.5. The fourth-order valence-electron chi connectivity index (χ4n) is 0.933. The zero-order valence-corrected chi connectivity index (χ0v) is 18.2. The smallest absolute Gasteiger partial charge is 0.333 e. The van der Waals surface area contributed by atoms with E-state index in [1.165, 1.54) is 7.11 Å². The molecule has 0 aliphatic rings. The van der Waals surface area contributed by atoms with E-state index in [0.29, 0.717) is 23.1 Å². The van der Waals surface area contributed by atoms with Crippen molar-refractivity contribution in [2.75, 3.05) is 20.3 Å². The van der Waals surface area contributed by atoms with Crippen LogP contribution in [0.15, 0.2) is 49.1 Å². The molecule has 0 heterocycles. The summed E-state index contributed by atoms with van der Waals surface area (Å²) >= 11 is 0. The molecule has 0 saturated heterocycles. The Bertz CT molecular complexity index is 559. The van der Waals surface area contributed by atoms with Crippen LogP contribution in [0, 0.1) is 0 Å². The topological polar surface area (TPSA) is 147 Å². The number of ether oxygens (including phenoxy) is 2. The number of aliphatic hydroxyl groups is 1. The number of aliphatic carboxylic acids is 2. The molecule has 9 nitrogen and oxygen atoms in total. The van der Waals surface area contributed by atoms with Gasteiger partial charge in [-0.1, -0.05) is 39.7 Å². The lowest BCUT2D eigenvalue weighted by atomic mass is 10.1. The van der Waals surface area contributed by atoms with Crippen LogP contribution in [0.25, 0.3) is 0 Å². The summed E-state index contributed by atoms with van der Waals surface area (Å²) in [7, 11) is 1.33. The largest absolute Gasteiger partial charge is 0.478 e. The second kappa shape index (κ2) is 23.8. The van der Waals surface area contributed by atoms with Crippen molar-refractivity contribution < 1.29 is 44.0 Å². The summed E-state index contributed by atoms with van der Waals surface area (Å²) in [6, 6.07) is 0. The summed E-state index contributed by atoms with van der Waals surface area (Å²) in [6.45, 7) is 18.1. The van der Waals surface area contributed by atoms with Gasteiger partial charge in [-0.2, -0.15) is 0 Å². The predicted molar refractivity (Wildman–Crippen MR) is 114 cm³/mol. The fraction of sp³-hybridized carbons (Fsp3) is 0.429. The van der Waals surface area contributed by atoms with Crippen molar-refractivity contribution >= 4 is 23.9 Å². The first-order valence-electron chi connectivity index (χ1n) is 8.75. The van der Waals surface area contributed by atoms with Crippen molar-refractivity contribution in [3.8, 4) is 0 Å². The molecule has 0 fully saturated rings. The molecule has 3 N–H and O–H groups in total. The van der Waals surface area contributed by atoms with Gasteiger partial charge < -0.3 is 24.8 Å². The number of hydrogen-bond acceptors (Lipinski definition) is 7. The number of rotatable bonds is 9. The van der Waals surface area contributed by atoms with Gasteiger partial charge in [-0.15, -0.1) is 0 Å². The van der Waals surface area contributed by atoms with Crippen molar-refractivity contribution in [2.45, 2.75) is 40.0 Å². The summed E-state index contributed by atoms with van der Waals surface area (Å²) in [4.78, 5) is 40.0. The van der Waals surface area contributed by atoms with Crippen LogP contribution in [0.2, 0.25) is 0 Å². The number of methoxy groups -OCH3 is 1. The number of carboxylic acids is 2. The second-order valence-corrected chi connectivity index (χ2v) is 5.47. The third-order valence-corrected chi connectivity index (χ3v) is 2.52. The van der Waals surface area contributed by atoms with Crippen LogP contribution < -0.4 is 0 Å². The van der Waals surface area contributed by atoms with Gasteiger partial charge in [0, 0.05) is 22.8 Å². The van der Waals surface area contributed by atoms with Gasteiger partial charge in [0.05, 0.1) is 13.7 Å². The van der Waals surface area contributed by atoms with Crippen molar-refractivity contribution in [3.05, 3.63) is 49.1 Å².